The highest BCUT2D eigenvalue weighted by atomic mass is 19.4. The van der Waals surface area contributed by atoms with Crippen molar-refractivity contribution in [1.82, 2.24) is 9.97 Å². The Morgan fingerprint density at radius 2 is 1.42 bits per heavy atom. The highest BCUT2D eigenvalue weighted by Crippen LogP contribution is 2.47. The number of hydrogen-bond donors (Lipinski definition) is 1. The third-order valence-electron chi connectivity index (χ3n) is 4.35. The summed E-state index contributed by atoms with van der Waals surface area (Å²) in [5, 5.41) is 10.1. The Bertz CT molecular complexity index is 1060. The Balaban J connectivity index is 1.98. The summed E-state index contributed by atoms with van der Waals surface area (Å²) in [6.07, 6.45) is -31.1. The van der Waals surface area contributed by atoms with Crippen LogP contribution in [0, 0.1) is 0 Å². The van der Waals surface area contributed by atoms with E-state index in [2.05, 4.69) is 19.4 Å². The van der Waals surface area contributed by atoms with Crippen molar-refractivity contribution >= 4 is 0 Å². The number of aromatic nitrogens is 2. The second kappa shape index (κ2) is 11.4. The van der Waals surface area contributed by atoms with Gasteiger partial charge in [0.1, 0.15) is 13.2 Å². The molecule has 1 aromatic heterocycles. The molecular formula is C20H17F11N2O5. The molecule has 7 nitrogen and oxygen atoms in total. The van der Waals surface area contributed by atoms with E-state index in [1.54, 1.807) is 10.8 Å². The molecule has 18 heteroatoms. The summed E-state index contributed by atoms with van der Waals surface area (Å²) in [7, 11) is 0. The second-order valence-electron chi connectivity index (χ2n) is 7.30. The average Bonchev–Trinajstić information content (AvgIpc) is 2.78. The zero-order valence-corrected chi connectivity index (χ0v) is 18.8. The number of aromatic hydroxyl groups is 1. The van der Waals surface area contributed by atoms with Crippen molar-refractivity contribution in [1.29, 1.82) is 0 Å². The lowest BCUT2D eigenvalue weighted by Gasteiger charge is -2.32. The maximum atomic E-state index is 13.7. The smallest absolute Gasteiger partial charge is 0.483 e. The SMILES string of the molecule is CCC(COc1ccc(-c2ncccn2)cc1O)OCC(F)(F)OC(F)(F)C(F)(F)OC(F)(F)C(F)(F)F. The van der Waals surface area contributed by atoms with Crippen molar-refractivity contribution in [2.75, 3.05) is 13.2 Å². The summed E-state index contributed by atoms with van der Waals surface area (Å²) in [5.41, 5.74) is 0.380. The van der Waals surface area contributed by atoms with Crippen molar-refractivity contribution in [2.24, 2.45) is 0 Å². The molecule has 1 N–H and O–H groups in total. The number of benzene rings is 1. The molecule has 2 aromatic rings. The van der Waals surface area contributed by atoms with E-state index in [9.17, 15) is 53.4 Å². The van der Waals surface area contributed by atoms with Crippen LogP contribution in [0.15, 0.2) is 36.7 Å². The molecule has 2 rings (SSSR count). The fourth-order valence-corrected chi connectivity index (χ4v) is 2.46. The number of ether oxygens (including phenoxy) is 4. The van der Waals surface area contributed by atoms with Crippen LogP contribution in [0.5, 0.6) is 11.5 Å². The van der Waals surface area contributed by atoms with Crippen LogP contribution in [0.3, 0.4) is 0 Å². The van der Waals surface area contributed by atoms with Gasteiger partial charge in [-0.2, -0.15) is 48.3 Å². The molecule has 0 amide bonds. The van der Waals surface area contributed by atoms with E-state index in [4.69, 9.17) is 4.74 Å². The molecule has 0 spiro atoms. The topological polar surface area (TPSA) is 82.9 Å². The standard InChI is InChI=1S/C20H17F11N2O5/c1-2-12(9-35-14-5-4-11(8-13(14)34)15-32-6-3-7-33-15)36-10-16(21,22)37-19(28,29)20(30,31)38-18(26,27)17(23,24)25/h3-8,12,34H,2,9-10H2,1H3. The maximum Gasteiger partial charge on any atom is 0.483 e. The number of phenols is 1. The molecule has 0 aliphatic rings. The lowest BCUT2D eigenvalue weighted by Crippen LogP contribution is -2.55. The zero-order chi connectivity index (χ0) is 29.0. The predicted octanol–water partition coefficient (Wildman–Crippen LogP) is 5.99. The first-order chi connectivity index (χ1) is 17.3. The normalized spacial score (nSPS) is 14.4. The van der Waals surface area contributed by atoms with Crippen molar-refractivity contribution in [2.45, 2.75) is 50.1 Å². The molecular weight excluding hydrogens is 557 g/mol. The van der Waals surface area contributed by atoms with E-state index in [0.717, 1.165) is 0 Å². The average molecular weight is 574 g/mol. The zero-order valence-electron chi connectivity index (χ0n) is 18.8. The fourth-order valence-electron chi connectivity index (χ4n) is 2.46. The van der Waals surface area contributed by atoms with Gasteiger partial charge in [-0.15, -0.1) is 0 Å². The van der Waals surface area contributed by atoms with E-state index in [1.807, 2.05) is 0 Å². The molecule has 0 bridgehead atoms. The number of hydrogen-bond acceptors (Lipinski definition) is 7. The van der Waals surface area contributed by atoms with Crippen LogP contribution < -0.4 is 4.74 Å². The quantitative estimate of drug-likeness (QED) is 0.295. The van der Waals surface area contributed by atoms with E-state index in [1.165, 1.54) is 37.5 Å². The molecule has 0 aliphatic carbocycles. The van der Waals surface area contributed by atoms with E-state index in [0.29, 0.717) is 5.56 Å². The van der Waals surface area contributed by atoms with Gasteiger partial charge in [-0.1, -0.05) is 6.92 Å². The monoisotopic (exact) mass is 574 g/mol. The lowest BCUT2D eigenvalue weighted by molar-refractivity contribution is -0.537. The molecule has 0 fully saturated rings. The van der Waals surface area contributed by atoms with E-state index in [-0.39, 0.29) is 18.0 Å². The Morgan fingerprint density at radius 1 is 0.842 bits per heavy atom. The van der Waals surface area contributed by atoms with Gasteiger partial charge in [0, 0.05) is 18.0 Å². The number of alkyl halides is 11. The van der Waals surface area contributed by atoms with Crippen LogP contribution in [-0.2, 0) is 14.2 Å². The molecule has 0 radical (unpaired) electrons. The Morgan fingerprint density at radius 3 is 1.95 bits per heavy atom. The summed E-state index contributed by atoms with van der Waals surface area (Å²) in [5.74, 6) is -0.360. The molecule has 0 saturated carbocycles. The number of phenolic OH excluding ortho intramolecular Hbond substituents is 1. The molecule has 38 heavy (non-hydrogen) atoms. The minimum Gasteiger partial charge on any atom is -0.504 e. The van der Waals surface area contributed by atoms with E-state index >= 15 is 0 Å². The van der Waals surface area contributed by atoms with Gasteiger partial charge >= 0.3 is 30.6 Å². The molecule has 1 atom stereocenters. The minimum absolute atomic E-state index is 0.139. The molecule has 1 unspecified atom stereocenters. The summed E-state index contributed by atoms with van der Waals surface area (Å²) in [6.45, 7) is -1.42. The van der Waals surface area contributed by atoms with Crippen LogP contribution >= 0.6 is 0 Å². The van der Waals surface area contributed by atoms with Crippen LogP contribution in [0.1, 0.15) is 13.3 Å². The van der Waals surface area contributed by atoms with Gasteiger partial charge in [-0.05, 0) is 30.7 Å². The van der Waals surface area contributed by atoms with Gasteiger partial charge in [0.2, 0.25) is 0 Å². The largest absolute Gasteiger partial charge is 0.504 e. The van der Waals surface area contributed by atoms with Crippen molar-refractivity contribution in [3.63, 3.8) is 0 Å². The molecule has 1 heterocycles. The first-order valence-electron chi connectivity index (χ1n) is 10.1. The lowest BCUT2D eigenvalue weighted by atomic mass is 10.2. The van der Waals surface area contributed by atoms with Crippen molar-refractivity contribution < 1.29 is 72.3 Å². The number of nitrogens with zero attached hydrogens (tertiary/aromatic N) is 2. The molecule has 0 aliphatic heterocycles. The van der Waals surface area contributed by atoms with Crippen LogP contribution in [-0.4, -0.2) is 65.0 Å². The summed E-state index contributed by atoms with van der Waals surface area (Å²) < 4.78 is 156. The first kappa shape index (κ1) is 31.2. The third-order valence-corrected chi connectivity index (χ3v) is 4.35. The molecule has 0 saturated heterocycles. The number of rotatable bonds is 13. The third kappa shape index (κ3) is 8.00. The van der Waals surface area contributed by atoms with Gasteiger partial charge in [0.25, 0.3) is 0 Å². The fraction of sp³-hybridized carbons (Fsp3) is 0.500. The first-order valence-corrected chi connectivity index (χ1v) is 10.1. The summed E-state index contributed by atoms with van der Waals surface area (Å²) in [4.78, 5) is 7.92. The van der Waals surface area contributed by atoms with Gasteiger partial charge in [0.15, 0.2) is 17.3 Å². The molecule has 1 aromatic carbocycles. The second-order valence-corrected chi connectivity index (χ2v) is 7.30. The van der Waals surface area contributed by atoms with Crippen molar-refractivity contribution in [3.05, 3.63) is 36.7 Å². The highest BCUT2D eigenvalue weighted by molar-refractivity contribution is 5.60. The maximum absolute atomic E-state index is 13.7. The van der Waals surface area contributed by atoms with Crippen LogP contribution in [0.4, 0.5) is 48.3 Å². The van der Waals surface area contributed by atoms with Crippen LogP contribution in [0.25, 0.3) is 11.4 Å². The Labute approximate surface area is 206 Å². The van der Waals surface area contributed by atoms with Gasteiger partial charge in [-0.3, -0.25) is 0 Å². The van der Waals surface area contributed by atoms with Crippen LogP contribution in [0.2, 0.25) is 0 Å². The van der Waals surface area contributed by atoms with Gasteiger partial charge in [0.05, 0.1) is 6.10 Å². The van der Waals surface area contributed by atoms with Gasteiger partial charge in [-0.25, -0.2) is 19.4 Å². The Hall–Kier alpha value is -2.99. The van der Waals surface area contributed by atoms with Gasteiger partial charge < -0.3 is 14.6 Å². The summed E-state index contributed by atoms with van der Waals surface area (Å²) >= 11 is 0. The minimum atomic E-state index is -6.86. The predicted molar refractivity (Wildman–Crippen MR) is 103 cm³/mol. The molecule has 214 valence electrons. The highest BCUT2D eigenvalue weighted by Gasteiger charge is 2.72. The van der Waals surface area contributed by atoms with E-state index < -0.39 is 55.7 Å². The summed E-state index contributed by atoms with van der Waals surface area (Å²) in [6, 6.07) is 5.44. The Kier molecular flexibility index (Phi) is 9.37. The van der Waals surface area contributed by atoms with Crippen molar-refractivity contribution in [3.8, 4) is 22.9 Å². The number of halogens is 11.